The third kappa shape index (κ3) is 3.90. The second-order valence-electron chi connectivity index (χ2n) is 4.19. The topological polar surface area (TPSA) is 124 Å². The summed E-state index contributed by atoms with van der Waals surface area (Å²) < 4.78 is 22.2. The summed E-state index contributed by atoms with van der Waals surface area (Å²) in [5.41, 5.74) is 6.50. The molecule has 0 saturated carbocycles. The quantitative estimate of drug-likeness (QED) is 0.731. The summed E-state index contributed by atoms with van der Waals surface area (Å²) in [5, 5.41) is 8.11. The van der Waals surface area contributed by atoms with Crippen LogP contribution < -0.4 is 16.2 Å². The van der Waals surface area contributed by atoms with Crippen LogP contribution in [0.1, 0.15) is 5.56 Å². The number of hydrogen-bond acceptors (Lipinski definition) is 6. The zero-order valence-electron chi connectivity index (χ0n) is 10.7. The van der Waals surface area contributed by atoms with Crippen LogP contribution in [0.15, 0.2) is 41.6 Å². The van der Waals surface area contributed by atoms with Gasteiger partial charge < -0.3 is 11.1 Å². The van der Waals surface area contributed by atoms with Gasteiger partial charge in [-0.25, -0.2) is 18.5 Å². The molecule has 0 unspecified atom stereocenters. The molecule has 0 saturated heterocycles. The largest absolute Gasteiger partial charge is 0.382 e. The Hall–Kier alpha value is -2.19. The minimum atomic E-state index is -3.64. The summed E-state index contributed by atoms with van der Waals surface area (Å²) in [6.07, 6.45) is 3.76. The Balaban J connectivity index is 1.92. The number of nitrogens with one attached hydrogen (secondary N) is 1. The normalized spacial score (nSPS) is 11.2. The first-order valence-corrected chi connectivity index (χ1v) is 7.43. The van der Waals surface area contributed by atoms with Gasteiger partial charge in [0.05, 0.1) is 17.3 Å². The summed E-state index contributed by atoms with van der Waals surface area (Å²) >= 11 is 0. The molecular weight excluding hydrogens is 278 g/mol. The maximum Gasteiger partial charge on any atom is 0.238 e. The molecule has 20 heavy (non-hydrogen) atoms. The highest BCUT2D eigenvalue weighted by Crippen LogP contribution is 2.10. The van der Waals surface area contributed by atoms with Crippen LogP contribution in [0.25, 0.3) is 0 Å². The lowest BCUT2D eigenvalue weighted by Crippen LogP contribution is -2.12. The van der Waals surface area contributed by atoms with Gasteiger partial charge in [-0.3, -0.25) is 4.98 Å². The van der Waals surface area contributed by atoms with Crippen molar-refractivity contribution in [2.24, 2.45) is 5.14 Å². The number of sulfonamides is 1. The molecule has 0 aliphatic heterocycles. The van der Waals surface area contributed by atoms with E-state index >= 15 is 0 Å². The van der Waals surface area contributed by atoms with Gasteiger partial charge in [0.15, 0.2) is 0 Å². The number of nitrogens with two attached hydrogens (primary N) is 2. The molecule has 106 valence electrons. The lowest BCUT2D eigenvalue weighted by atomic mass is 10.1. The van der Waals surface area contributed by atoms with Gasteiger partial charge in [0.25, 0.3) is 0 Å². The van der Waals surface area contributed by atoms with Crippen molar-refractivity contribution >= 4 is 21.7 Å². The van der Waals surface area contributed by atoms with E-state index in [0.717, 1.165) is 5.56 Å². The van der Waals surface area contributed by atoms with Gasteiger partial charge in [-0.15, -0.1) is 0 Å². The van der Waals surface area contributed by atoms with Crippen LogP contribution in [-0.4, -0.2) is 24.9 Å². The first-order valence-electron chi connectivity index (χ1n) is 5.88. The van der Waals surface area contributed by atoms with Crippen LogP contribution >= 0.6 is 0 Å². The van der Waals surface area contributed by atoms with Crippen LogP contribution in [0, 0.1) is 0 Å². The Morgan fingerprint density at radius 1 is 1.15 bits per heavy atom. The number of rotatable bonds is 5. The highest BCUT2D eigenvalue weighted by atomic mass is 32.2. The number of benzene rings is 1. The second kappa shape index (κ2) is 5.85. The van der Waals surface area contributed by atoms with Crippen LogP contribution in [0.3, 0.4) is 0 Å². The fraction of sp³-hybridized carbons (Fsp3) is 0.167. The van der Waals surface area contributed by atoms with Gasteiger partial charge in [-0.2, -0.15) is 0 Å². The molecule has 0 spiro atoms. The predicted octanol–water partition coefficient (Wildman–Crippen LogP) is 0.361. The Morgan fingerprint density at radius 2 is 1.85 bits per heavy atom. The summed E-state index contributed by atoms with van der Waals surface area (Å²) in [6.45, 7) is 0.632. The highest BCUT2D eigenvalue weighted by molar-refractivity contribution is 7.89. The van der Waals surface area contributed by atoms with E-state index in [2.05, 4.69) is 15.3 Å². The molecular formula is C12H15N5O2S. The number of anilines is 2. The monoisotopic (exact) mass is 293 g/mol. The van der Waals surface area contributed by atoms with E-state index < -0.39 is 10.0 Å². The van der Waals surface area contributed by atoms with Crippen LogP contribution in [0.2, 0.25) is 0 Å². The highest BCUT2D eigenvalue weighted by Gasteiger charge is 2.06. The third-order valence-electron chi connectivity index (χ3n) is 2.62. The van der Waals surface area contributed by atoms with Crippen molar-refractivity contribution in [1.82, 2.24) is 9.97 Å². The number of primary sulfonamides is 1. The molecule has 1 aromatic carbocycles. The van der Waals surface area contributed by atoms with Crippen molar-refractivity contribution in [1.29, 1.82) is 0 Å². The van der Waals surface area contributed by atoms with E-state index in [1.165, 1.54) is 18.3 Å². The molecule has 1 heterocycles. The molecule has 1 aromatic heterocycles. The SMILES string of the molecule is Nc1cncc(NCCc2ccc(S(N)(=O)=O)cc2)n1. The first kappa shape index (κ1) is 14.2. The van der Waals surface area contributed by atoms with Crippen LogP contribution in [-0.2, 0) is 16.4 Å². The molecule has 5 N–H and O–H groups in total. The van der Waals surface area contributed by atoms with E-state index in [4.69, 9.17) is 10.9 Å². The minimum Gasteiger partial charge on any atom is -0.382 e. The molecule has 0 fully saturated rings. The van der Waals surface area contributed by atoms with E-state index in [9.17, 15) is 8.42 Å². The summed E-state index contributed by atoms with van der Waals surface area (Å²) in [6, 6.07) is 6.44. The molecule has 7 nitrogen and oxygen atoms in total. The number of aromatic nitrogens is 2. The minimum absolute atomic E-state index is 0.107. The van der Waals surface area contributed by atoms with Gasteiger partial charge in [0.1, 0.15) is 11.6 Å². The van der Waals surface area contributed by atoms with E-state index in [-0.39, 0.29) is 4.90 Å². The fourth-order valence-corrected chi connectivity index (χ4v) is 2.16. The summed E-state index contributed by atoms with van der Waals surface area (Å²) in [5.74, 6) is 0.957. The van der Waals surface area contributed by atoms with E-state index in [0.29, 0.717) is 24.6 Å². The Kier molecular flexibility index (Phi) is 4.16. The maximum absolute atomic E-state index is 11.1. The molecule has 8 heteroatoms. The molecule has 2 rings (SSSR count). The molecule has 0 aliphatic carbocycles. The van der Waals surface area contributed by atoms with Gasteiger partial charge in [0, 0.05) is 6.54 Å². The maximum atomic E-state index is 11.1. The Bertz CT molecular complexity index is 685. The van der Waals surface area contributed by atoms with Crippen molar-refractivity contribution in [3.05, 3.63) is 42.2 Å². The molecule has 0 amide bonds. The fourth-order valence-electron chi connectivity index (χ4n) is 1.65. The summed E-state index contributed by atoms with van der Waals surface area (Å²) in [4.78, 5) is 8.08. The zero-order valence-corrected chi connectivity index (χ0v) is 11.5. The average molecular weight is 293 g/mol. The molecule has 0 radical (unpaired) electrons. The van der Waals surface area contributed by atoms with Gasteiger partial charge in [0.2, 0.25) is 10.0 Å². The van der Waals surface area contributed by atoms with E-state index in [1.54, 1.807) is 18.3 Å². The lowest BCUT2D eigenvalue weighted by molar-refractivity contribution is 0.598. The second-order valence-corrected chi connectivity index (χ2v) is 5.76. The standard InChI is InChI=1S/C12H15N5O2S/c13-11-7-15-8-12(17-11)16-6-5-9-1-3-10(4-2-9)20(14,18)19/h1-4,7-8H,5-6H2,(H3,13,16,17)(H2,14,18,19). The molecule has 0 aliphatic rings. The van der Waals surface area contributed by atoms with Crippen LogP contribution in [0.5, 0.6) is 0 Å². The van der Waals surface area contributed by atoms with Crippen molar-refractivity contribution in [2.45, 2.75) is 11.3 Å². The Morgan fingerprint density at radius 3 is 2.45 bits per heavy atom. The van der Waals surface area contributed by atoms with Crippen LogP contribution in [0.4, 0.5) is 11.6 Å². The molecule has 0 bridgehead atoms. The number of nitrogens with zero attached hydrogens (tertiary/aromatic N) is 2. The number of hydrogen-bond donors (Lipinski definition) is 3. The Labute approximate surface area is 117 Å². The van der Waals surface area contributed by atoms with Gasteiger partial charge >= 0.3 is 0 Å². The zero-order chi connectivity index (χ0) is 14.6. The predicted molar refractivity (Wildman–Crippen MR) is 76.5 cm³/mol. The van der Waals surface area contributed by atoms with Crippen molar-refractivity contribution in [3.63, 3.8) is 0 Å². The smallest absolute Gasteiger partial charge is 0.238 e. The van der Waals surface area contributed by atoms with Crippen molar-refractivity contribution < 1.29 is 8.42 Å². The van der Waals surface area contributed by atoms with Crippen molar-refractivity contribution in [3.8, 4) is 0 Å². The first-order chi connectivity index (χ1) is 9.45. The van der Waals surface area contributed by atoms with Gasteiger partial charge in [-0.1, -0.05) is 12.1 Å². The van der Waals surface area contributed by atoms with Crippen molar-refractivity contribution in [2.75, 3.05) is 17.6 Å². The molecule has 2 aromatic rings. The van der Waals surface area contributed by atoms with E-state index in [1.807, 2.05) is 0 Å². The molecule has 0 atom stereocenters. The van der Waals surface area contributed by atoms with Gasteiger partial charge in [-0.05, 0) is 24.1 Å². The number of nitrogen functional groups attached to an aromatic ring is 1. The third-order valence-corrected chi connectivity index (χ3v) is 3.55. The lowest BCUT2D eigenvalue weighted by Gasteiger charge is -2.06. The average Bonchev–Trinajstić information content (AvgIpc) is 2.38. The summed E-state index contributed by atoms with van der Waals surface area (Å²) in [7, 11) is -3.64.